The minimum atomic E-state index is -0.277. The van der Waals surface area contributed by atoms with Crippen molar-refractivity contribution in [1.29, 1.82) is 0 Å². The van der Waals surface area contributed by atoms with Gasteiger partial charge in [0.2, 0.25) is 5.91 Å². The van der Waals surface area contributed by atoms with E-state index in [4.69, 9.17) is 0 Å². The van der Waals surface area contributed by atoms with Crippen LogP contribution < -0.4 is 5.32 Å². The molecule has 0 aliphatic rings. The number of thioether (sulfide) groups is 2. The molecule has 0 fully saturated rings. The third-order valence-corrected chi connectivity index (χ3v) is 6.03. The normalized spacial score (nSPS) is 10.9. The number of hydrogen-bond donors (Lipinski definition) is 1. The number of halogens is 1. The first-order valence-electron chi connectivity index (χ1n) is 6.77. The summed E-state index contributed by atoms with van der Waals surface area (Å²) in [6.45, 7) is 0. The number of anilines is 1. The zero-order chi connectivity index (χ0) is 16.2. The summed E-state index contributed by atoms with van der Waals surface area (Å²) in [6.07, 6.45) is 1.99. The van der Waals surface area contributed by atoms with Gasteiger partial charge in [-0.15, -0.1) is 23.1 Å². The van der Waals surface area contributed by atoms with Crippen molar-refractivity contribution in [3.8, 4) is 0 Å². The summed E-state index contributed by atoms with van der Waals surface area (Å²) in [4.78, 5) is 17.4. The molecule has 7 heteroatoms. The maximum atomic E-state index is 12.8. The number of thiazole rings is 1. The second-order valence-corrected chi connectivity index (χ2v) is 7.79. The first-order valence-corrected chi connectivity index (χ1v) is 9.79. The van der Waals surface area contributed by atoms with E-state index in [2.05, 4.69) is 10.3 Å². The highest BCUT2D eigenvalue weighted by Gasteiger charge is 2.07. The highest BCUT2D eigenvalue weighted by Crippen LogP contribution is 2.30. The molecule has 0 aliphatic heterocycles. The maximum Gasteiger partial charge on any atom is 0.234 e. The molecule has 1 aromatic heterocycles. The molecule has 0 bridgehead atoms. The maximum absolute atomic E-state index is 12.8. The molecular formula is C16H13FN2OS3. The molecule has 3 rings (SSSR count). The second kappa shape index (κ2) is 7.33. The summed E-state index contributed by atoms with van der Waals surface area (Å²) in [5, 5.41) is 2.88. The van der Waals surface area contributed by atoms with Gasteiger partial charge in [-0.25, -0.2) is 9.37 Å². The van der Waals surface area contributed by atoms with Crippen molar-refractivity contribution >= 4 is 56.7 Å². The molecular weight excluding hydrogens is 351 g/mol. The van der Waals surface area contributed by atoms with Gasteiger partial charge in [0, 0.05) is 10.6 Å². The van der Waals surface area contributed by atoms with E-state index in [0.29, 0.717) is 0 Å². The summed E-state index contributed by atoms with van der Waals surface area (Å²) in [5.41, 5.74) is 1.71. The van der Waals surface area contributed by atoms with Crippen LogP contribution in [0.3, 0.4) is 0 Å². The molecule has 3 nitrogen and oxygen atoms in total. The standard InChI is InChI=1S/C16H13FN2OS3/c1-21-16-19-13-7-4-11(8-14(13)23-16)18-15(20)9-22-12-5-2-10(17)3-6-12/h2-8H,9H2,1H3,(H,18,20). The SMILES string of the molecule is CSc1nc2ccc(NC(=O)CSc3ccc(F)cc3)cc2s1. The van der Waals surface area contributed by atoms with Gasteiger partial charge in [0.1, 0.15) is 5.82 Å². The van der Waals surface area contributed by atoms with Crippen molar-refractivity contribution in [3.05, 3.63) is 48.3 Å². The first-order chi connectivity index (χ1) is 11.1. The molecule has 3 aromatic rings. The Kier molecular flexibility index (Phi) is 5.20. The highest BCUT2D eigenvalue weighted by molar-refractivity contribution is 8.00. The lowest BCUT2D eigenvalue weighted by atomic mass is 10.3. The van der Waals surface area contributed by atoms with E-state index in [9.17, 15) is 9.18 Å². The van der Waals surface area contributed by atoms with E-state index < -0.39 is 0 Å². The van der Waals surface area contributed by atoms with Crippen LogP contribution in [0.1, 0.15) is 0 Å². The van der Waals surface area contributed by atoms with E-state index in [0.717, 1.165) is 25.1 Å². The number of aromatic nitrogens is 1. The Hall–Kier alpha value is -1.57. The Labute approximate surface area is 145 Å². The summed E-state index contributed by atoms with van der Waals surface area (Å²) >= 11 is 4.60. The predicted molar refractivity (Wildman–Crippen MR) is 97.2 cm³/mol. The van der Waals surface area contributed by atoms with E-state index in [-0.39, 0.29) is 17.5 Å². The lowest BCUT2D eigenvalue weighted by Crippen LogP contribution is -2.13. The lowest BCUT2D eigenvalue weighted by molar-refractivity contribution is -0.113. The third-order valence-electron chi connectivity index (χ3n) is 3.01. The number of carbonyl (C=O) groups excluding carboxylic acids is 1. The quantitative estimate of drug-likeness (QED) is 0.655. The number of benzene rings is 2. The van der Waals surface area contributed by atoms with Crippen molar-refractivity contribution in [2.45, 2.75) is 9.24 Å². The first kappa shape index (κ1) is 16.3. The molecule has 0 saturated carbocycles. The van der Waals surface area contributed by atoms with Crippen LogP contribution in [0.25, 0.3) is 10.2 Å². The monoisotopic (exact) mass is 364 g/mol. The number of amides is 1. The summed E-state index contributed by atoms with van der Waals surface area (Å²) in [6, 6.07) is 11.8. The molecule has 1 amide bonds. The van der Waals surface area contributed by atoms with Crippen LogP contribution in [0.15, 0.2) is 51.7 Å². The average Bonchev–Trinajstić information content (AvgIpc) is 2.97. The Balaban J connectivity index is 1.61. The number of nitrogens with zero attached hydrogens (tertiary/aromatic N) is 1. The van der Waals surface area contributed by atoms with Gasteiger partial charge in [0.05, 0.1) is 16.0 Å². The molecule has 0 aliphatic carbocycles. The van der Waals surface area contributed by atoms with Crippen molar-refractivity contribution in [1.82, 2.24) is 4.98 Å². The van der Waals surface area contributed by atoms with Gasteiger partial charge < -0.3 is 5.32 Å². The van der Waals surface area contributed by atoms with Crippen LogP contribution in [0.2, 0.25) is 0 Å². The molecule has 0 saturated heterocycles. The summed E-state index contributed by atoms with van der Waals surface area (Å²) < 4.78 is 14.9. The summed E-state index contributed by atoms with van der Waals surface area (Å²) in [7, 11) is 0. The molecule has 0 spiro atoms. The Bertz CT molecular complexity index is 833. The highest BCUT2D eigenvalue weighted by atomic mass is 32.2. The largest absolute Gasteiger partial charge is 0.325 e. The van der Waals surface area contributed by atoms with E-state index in [1.165, 1.54) is 23.9 Å². The Morgan fingerprint density at radius 3 is 2.78 bits per heavy atom. The number of hydrogen-bond acceptors (Lipinski definition) is 5. The van der Waals surface area contributed by atoms with Gasteiger partial charge >= 0.3 is 0 Å². The molecule has 23 heavy (non-hydrogen) atoms. The van der Waals surface area contributed by atoms with E-state index >= 15 is 0 Å². The average molecular weight is 364 g/mol. The van der Waals surface area contributed by atoms with Gasteiger partial charge in [-0.3, -0.25) is 4.79 Å². The smallest absolute Gasteiger partial charge is 0.234 e. The fourth-order valence-electron chi connectivity index (χ4n) is 1.95. The van der Waals surface area contributed by atoms with Crippen LogP contribution >= 0.6 is 34.9 Å². The van der Waals surface area contributed by atoms with Gasteiger partial charge in [-0.2, -0.15) is 0 Å². The van der Waals surface area contributed by atoms with Crippen LogP contribution in [-0.4, -0.2) is 22.9 Å². The molecule has 1 heterocycles. The second-order valence-electron chi connectivity index (χ2n) is 4.66. The summed E-state index contributed by atoms with van der Waals surface area (Å²) in [5.74, 6) is -0.0860. The van der Waals surface area contributed by atoms with Gasteiger partial charge in [-0.1, -0.05) is 11.8 Å². The minimum absolute atomic E-state index is 0.0896. The Morgan fingerprint density at radius 1 is 1.26 bits per heavy atom. The molecule has 0 radical (unpaired) electrons. The van der Waals surface area contributed by atoms with Crippen molar-refractivity contribution < 1.29 is 9.18 Å². The predicted octanol–water partition coefficient (Wildman–Crippen LogP) is 4.89. The van der Waals surface area contributed by atoms with Crippen LogP contribution in [-0.2, 0) is 4.79 Å². The van der Waals surface area contributed by atoms with Crippen LogP contribution in [0.4, 0.5) is 10.1 Å². The van der Waals surface area contributed by atoms with Gasteiger partial charge in [0.15, 0.2) is 4.34 Å². The van der Waals surface area contributed by atoms with Gasteiger partial charge in [0.25, 0.3) is 0 Å². The van der Waals surface area contributed by atoms with Crippen molar-refractivity contribution in [2.75, 3.05) is 17.3 Å². The fourth-order valence-corrected chi connectivity index (χ4v) is 4.17. The molecule has 1 N–H and O–H groups in total. The number of rotatable bonds is 5. The van der Waals surface area contributed by atoms with Crippen LogP contribution in [0.5, 0.6) is 0 Å². The molecule has 0 unspecified atom stereocenters. The topological polar surface area (TPSA) is 42.0 Å². The lowest BCUT2D eigenvalue weighted by Gasteiger charge is -2.05. The molecule has 118 valence electrons. The fraction of sp³-hybridized carbons (Fsp3) is 0.125. The molecule has 0 atom stereocenters. The Morgan fingerprint density at radius 2 is 2.04 bits per heavy atom. The zero-order valence-electron chi connectivity index (χ0n) is 12.2. The number of nitrogens with one attached hydrogen (secondary N) is 1. The number of carbonyl (C=O) groups is 1. The number of fused-ring (bicyclic) bond motifs is 1. The molecule has 2 aromatic carbocycles. The van der Waals surface area contributed by atoms with E-state index in [1.54, 1.807) is 35.2 Å². The van der Waals surface area contributed by atoms with Crippen molar-refractivity contribution in [2.24, 2.45) is 0 Å². The van der Waals surface area contributed by atoms with Crippen molar-refractivity contribution in [3.63, 3.8) is 0 Å². The van der Waals surface area contributed by atoms with Crippen LogP contribution in [0, 0.1) is 5.82 Å². The minimum Gasteiger partial charge on any atom is -0.325 e. The zero-order valence-corrected chi connectivity index (χ0v) is 14.7. The van der Waals surface area contributed by atoms with Gasteiger partial charge in [-0.05, 0) is 48.7 Å². The third kappa shape index (κ3) is 4.25. The van der Waals surface area contributed by atoms with E-state index in [1.807, 2.05) is 24.5 Å².